The molecular formula is C20H21F2NO3. The van der Waals surface area contributed by atoms with Gasteiger partial charge in [0.1, 0.15) is 17.4 Å². The number of hydrogen-bond donors (Lipinski definition) is 1. The Balaban J connectivity index is 1.84. The van der Waals surface area contributed by atoms with Gasteiger partial charge in [-0.2, -0.15) is 0 Å². The summed E-state index contributed by atoms with van der Waals surface area (Å²) < 4.78 is 37.9. The van der Waals surface area contributed by atoms with Crippen LogP contribution in [0.3, 0.4) is 0 Å². The standard InChI is InChI=1S/C20H21F2NO3/c1-25-18-5-3-2-4-16(18)20(8-10-26-11-9-20)13-23-19(24)15-7-6-14(21)12-17(15)22/h2-7,12H,8-11,13H2,1H3,(H,23,24). The Morgan fingerprint density at radius 2 is 1.92 bits per heavy atom. The fourth-order valence-corrected chi connectivity index (χ4v) is 3.40. The molecule has 0 atom stereocenters. The summed E-state index contributed by atoms with van der Waals surface area (Å²) in [5.41, 5.74) is 0.455. The van der Waals surface area contributed by atoms with Crippen LogP contribution >= 0.6 is 0 Å². The molecule has 1 saturated heterocycles. The number of hydrogen-bond acceptors (Lipinski definition) is 3. The second-order valence-electron chi connectivity index (χ2n) is 6.40. The molecule has 0 unspecified atom stereocenters. The maximum Gasteiger partial charge on any atom is 0.254 e. The van der Waals surface area contributed by atoms with Gasteiger partial charge < -0.3 is 14.8 Å². The lowest BCUT2D eigenvalue weighted by molar-refractivity contribution is 0.0478. The van der Waals surface area contributed by atoms with E-state index in [0.717, 1.165) is 23.4 Å². The molecule has 0 aliphatic carbocycles. The number of halogens is 2. The van der Waals surface area contributed by atoms with Gasteiger partial charge in [0.25, 0.3) is 5.91 Å². The summed E-state index contributed by atoms with van der Waals surface area (Å²) in [5.74, 6) is -1.41. The molecule has 6 heteroatoms. The summed E-state index contributed by atoms with van der Waals surface area (Å²) >= 11 is 0. The molecule has 0 bridgehead atoms. The lowest BCUT2D eigenvalue weighted by atomic mass is 9.73. The van der Waals surface area contributed by atoms with Crippen LogP contribution in [0, 0.1) is 11.6 Å². The molecule has 1 aliphatic rings. The number of ether oxygens (including phenoxy) is 2. The van der Waals surface area contributed by atoms with Gasteiger partial charge in [0.15, 0.2) is 0 Å². The molecule has 0 saturated carbocycles. The van der Waals surface area contributed by atoms with Crippen molar-refractivity contribution in [2.45, 2.75) is 18.3 Å². The molecular weight excluding hydrogens is 340 g/mol. The number of carbonyl (C=O) groups is 1. The van der Waals surface area contributed by atoms with Crippen LogP contribution < -0.4 is 10.1 Å². The zero-order valence-electron chi connectivity index (χ0n) is 14.6. The van der Waals surface area contributed by atoms with Crippen LogP contribution in [0.25, 0.3) is 0 Å². The Bertz CT molecular complexity index is 788. The highest BCUT2D eigenvalue weighted by Crippen LogP contribution is 2.39. The molecule has 1 heterocycles. The molecule has 1 N–H and O–H groups in total. The Morgan fingerprint density at radius 3 is 2.62 bits per heavy atom. The summed E-state index contributed by atoms with van der Waals surface area (Å²) in [7, 11) is 1.61. The van der Waals surface area contributed by atoms with Crippen LogP contribution in [0.4, 0.5) is 8.78 Å². The van der Waals surface area contributed by atoms with Gasteiger partial charge in [-0.05, 0) is 31.0 Å². The van der Waals surface area contributed by atoms with E-state index in [0.29, 0.717) is 38.7 Å². The summed E-state index contributed by atoms with van der Waals surface area (Å²) in [6.07, 6.45) is 1.42. The normalized spacial score (nSPS) is 16.1. The lowest BCUT2D eigenvalue weighted by Crippen LogP contribution is -2.45. The molecule has 26 heavy (non-hydrogen) atoms. The van der Waals surface area contributed by atoms with E-state index >= 15 is 0 Å². The maximum absolute atomic E-state index is 13.9. The van der Waals surface area contributed by atoms with Crippen molar-refractivity contribution in [3.8, 4) is 5.75 Å². The molecule has 2 aromatic carbocycles. The number of nitrogens with one attached hydrogen (secondary N) is 1. The van der Waals surface area contributed by atoms with Gasteiger partial charge in [-0.25, -0.2) is 8.78 Å². The molecule has 4 nitrogen and oxygen atoms in total. The minimum atomic E-state index is -0.874. The fourth-order valence-electron chi connectivity index (χ4n) is 3.40. The predicted octanol–water partition coefficient (Wildman–Crippen LogP) is 3.45. The SMILES string of the molecule is COc1ccccc1C1(CNC(=O)c2ccc(F)cc2F)CCOCC1. The van der Waals surface area contributed by atoms with Crippen LogP contribution in [0.2, 0.25) is 0 Å². The summed E-state index contributed by atoms with van der Waals surface area (Å²) in [5, 5.41) is 2.81. The molecule has 3 rings (SSSR count). The molecule has 0 radical (unpaired) electrons. The first-order valence-electron chi connectivity index (χ1n) is 8.50. The average molecular weight is 361 g/mol. The fraction of sp³-hybridized carbons (Fsp3) is 0.350. The van der Waals surface area contributed by atoms with Gasteiger partial charge in [-0.15, -0.1) is 0 Å². The molecule has 0 aromatic heterocycles. The zero-order chi connectivity index (χ0) is 18.6. The van der Waals surface area contributed by atoms with E-state index in [4.69, 9.17) is 9.47 Å². The summed E-state index contributed by atoms with van der Waals surface area (Å²) in [4.78, 5) is 12.4. The van der Waals surface area contributed by atoms with Crippen molar-refractivity contribution in [1.82, 2.24) is 5.32 Å². The van der Waals surface area contributed by atoms with E-state index in [2.05, 4.69) is 5.32 Å². The lowest BCUT2D eigenvalue weighted by Gasteiger charge is -2.38. The average Bonchev–Trinajstić information content (AvgIpc) is 2.67. The quantitative estimate of drug-likeness (QED) is 0.887. The molecule has 1 fully saturated rings. The highest BCUT2D eigenvalue weighted by atomic mass is 19.1. The van der Waals surface area contributed by atoms with E-state index in [-0.39, 0.29) is 11.0 Å². The van der Waals surface area contributed by atoms with Crippen molar-refractivity contribution in [3.05, 3.63) is 65.2 Å². The van der Waals surface area contributed by atoms with Gasteiger partial charge in [-0.3, -0.25) is 4.79 Å². The number of rotatable bonds is 5. The number of amides is 1. The largest absolute Gasteiger partial charge is 0.496 e. The third-order valence-electron chi connectivity index (χ3n) is 4.89. The topological polar surface area (TPSA) is 47.6 Å². The summed E-state index contributed by atoms with van der Waals surface area (Å²) in [6.45, 7) is 1.45. The van der Waals surface area contributed by atoms with Crippen molar-refractivity contribution < 1.29 is 23.0 Å². The first-order valence-corrected chi connectivity index (χ1v) is 8.50. The second kappa shape index (κ2) is 7.83. The summed E-state index contributed by atoms with van der Waals surface area (Å²) in [6, 6.07) is 10.6. The van der Waals surface area contributed by atoms with Gasteiger partial charge in [0, 0.05) is 36.8 Å². The van der Waals surface area contributed by atoms with E-state index < -0.39 is 17.5 Å². The van der Waals surface area contributed by atoms with Crippen LogP contribution in [0.1, 0.15) is 28.8 Å². The van der Waals surface area contributed by atoms with E-state index in [1.165, 1.54) is 0 Å². The molecule has 138 valence electrons. The predicted molar refractivity (Wildman–Crippen MR) is 93.4 cm³/mol. The van der Waals surface area contributed by atoms with E-state index in [1.54, 1.807) is 7.11 Å². The van der Waals surface area contributed by atoms with E-state index in [9.17, 15) is 13.6 Å². The minimum Gasteiger partial charge on any atom is -0.496 e. The van der Waals surface area contributed by atoms with Crippen molar-refractivity contribution >= 4 is 5.91 Å². The zero-order valence-corrected chi connectivity index (χ0v) is 14.6. The molecule has 1 amide bonds. The maximum atomic E-state index is 13.9. The highest BCUT2D eigenvalue weighted by molar-refractivity contribution is 5.94. The minimum absolute atomic E-state index is 0.173. The smallest absolute Gasteiger partial charge is 0.254 e. The third-order valence-corrected chi connectivity index (χ3v) is 4.89. The van der Waals surface area contributed by atoms with Gasteiger partial charge >= 0.3 is 0 Å². The number of benzene rings is 2. The molecule has 1 aliphatic heterocycles. The van der Waals surface area contributed by atoms with Crippen LogP contribution in [-0.2, 0) is 10.2 Å². The Kier molecular flexibility index (Phi) is 5.52. The first-order chi connectivity index (χ1) is 12.6. The Hall–Kier alpha value is -2.47. The van der Waals surface area contributed by atoms with Crippen molar-refractivity contribution in [3.63, 3.8) is 0 Å². The highest BCUT2D eigenvalue weighted by Gasteiger charge is 2.37. The van der Waals surface area contributed by atoms with Gasteiger partial charge in [0.05, 0.1) is 12.7 Å². The Morgan fingerprint density at radius 1 is 1.19 bits per heavy atom. The first kappa shape index (κ1) is 18.3. The van der Waals surface area contributed by atoms with Crippen LogP contribution in [0.15, 0.2) is 42.5 Å². The van der Waals surface area contributed by atoms with Crippen LogP contribution in [0.5, 0.6) is 5.75 Å². The van der Waals surface area contributed by atoms with Crippen molar-refractivity contribution in [2.24, 2.45) is 0 Å². The number of carbonyl (C=O) groups excluding carboxylic acids is 1. The van der Waals surface area contributed by atoms with Crippen molar-refractivity contribution in [1.29, 1.82) is 0 Å². The third kappa shape index (κ3) is 3.70. The number of para-hydroxylation sites is 1. The van der Waals surface area contributed by atoms with Crippen LogP contribution in [-0.4, -0.2) is 32.8 Å². The van der Waals surface area contributed by atoms with Crippen molar-refractivity contribution in [2.75, 3.05) is 26.9 Å². The Labute approximate surface area is 151 Å². The number of methoxy groups -OCH3 is 1. The second-order valence-corrected chi connectivity index (χ2v) is 6.40. The molecule has 2 aromatic rings. The monoisotopic (exact) mass is 361 g/mol. The van der Waals surface area contributed by atoms with E-state index in [1.807, 2.05) is 24.3 Å². The molecule has 0 spiro atoms. The van der Waals surface area contributed by atoms with Gasteiger partial charge in [0.2, 0.25) is 0 Å². The van der Waals surface area contributed by atoms with Gasteiger partial charge in [-0.1, -0.05) is 18.2 Å².